The van der Waals surface area contributed by atoms with Crippen LogP contribution >= 0.6 is 0 Å². The Morgan fingerprint density at radius 1 is 1.24 bits per heavy atom. The molecule has 0 saturated heterocycles. The summed E-state index contributed by atoms with van der Waals surface area (Å²) in [4.78, 5) is 22.5. The Kier molecular flexibility index (Phi) is 6.01. The summed E-state index contributed by atoms with van der Waals surface area (Å²) in [5.41, 5.74) is -0.316. The summed E-state index contributed by atoms with van der Waals surface area (Å²) in [5.74, 6) is -5.76. The number of amides is 2. The Labute approximate surface area is 119 Å². The number of hydrogen-bond acceptors (Lipinski definition) is 2. The molecule has 116 valence electrons. The number of aliphatic carboxylic acids is 1. The van der Waals surface area contributed by atoms with Gasteiger partial charge in [-0.15, -0.1) is 0 Å². The van der Waals surface area contributed by atoms with Crippen LogP contribution in [0.15, 0.2) is 12.1 Å². The summed E-state index contributed by atoms with van der Waals surface area (Å²) < 4.78 is 38.7. The molecule has 1 aromatic rings. The molecule has 1 aromatic carbocycles. The van der Waals surface area contributed by atoms with Gasteiger partial charge in [0.15, 0.2) is 17.5 Å². The summed E-state index contributed by atoms with van der Waals surface area (Å²) in [6.07, 6.45) is 1.57. The number of benzene rings is 1. The van der Waals surface area contributed by atoms with Gasteiger partial charge in [-0.25, -0.2) is 22.8 Å². The number of carbonyl (C=O) groups is 2. The van der Waals surface area contributed by atoms with E-state index in [1.54, 1.807) is 0 Å². The summed E-state index contributed by atoms with van der Waals surface area (Å²) in [6, 6.07) is -0.858. The first-order valence-electron chi connectivity index (χ1n) is 6.30. The van der Waals surface area contributed by atoms with Gasteiger partial charge in [0.25, 0.3) is 0 Å². The first-order valence-corrected chi connectivity index (χ1v) is 6.30. The van der Waals surface area contributed by atoms with Crippen molar-refractivity contribution in [1.82, 2.24) is 5.32 Å². The number of anilines is 1. The summed E-state index contributed by atoms with van der Waals surface area (Å²) in [7, 11) is 0. The van der Waals surface area contributed by atoms with E-state index in [2.05, 4.69) is 10.6 Å². The molecule has 0 heterocycles. The normalized spacial score (nSPS) is 11.8. The van der Waals surface area contributed by atoms with Crippen molar-refractivity contribution in [2.75, 3.05) is 5.32 Å². The number of rotatable bonds is 6. The second kappa shape index (κ2) is 7.51. The second-order valence-electron chi connectivity index (χ2n) is 4.39. The van der Waals surface area contributed by atoms with Crippen LogP contribution in [0.4, 0.5) is 23.7 Å². The fraction of sp³-hybridized carbons (Fsp3) is 0.385. The maximum Gasteiger partial charge on any atom is 0.326 e. The lowest BCUT2D eigenvalue weighted by Crippen LogP contribution is -2.43. The minimum absolute atomic E-state index is 0.228. The SMILES string of the molecule is CCCCC(NC(=O)Nc1cc(F)c(F)c(F)c1)C(=O)O. The first kappa shape index (κ1) is 16.8. The third kappa shape index (κ3) is 4.97. The lowest BCUT2D eigenvalue weighted by atomic mass is 10.1. The van der Waals surface area contributed by atoms with Gasteiger partial charge in [0.2, 0.25) is 0 Å². The molecule has 3 N–H and O–H groups in total. The van der Waals surface area contributed by atoms with Crippen LogP contribution in [0.25, 0.3) is 0 Å². The third-order valence-corrected chi connectivity index (χ3v) is 2.69. The zero-order chi connectivity index (χ0) is 16.0. The van der Waals surface area contributed by atoms with Crippen molar-refractivity contribution in [3.05, 3.63) is 29.6 Å². The fourth-order valence-electron chi connectivity index (χ4n) is 1.62. The predicted octanol–water partition coefficient (Wildman–Crippen LogP) is 2.87. The maximum absolute atomic E-state index is 13.0. The standard InChI is InChI=1S/C13H15F3N2O3/c1-2-3-4-10(12(19)20)18-13(21)17-7-5-8(14)11(16)9(15)6-7/h5-6,10H,2-4H2,1H3,(H,19,20)(H2,17,18,21). The van der Waals surface area contributed by atoms with Gasteiger partial charge in [-0.1, -0.05) is 19.8 Å². The average Bonchev–Trinajstić information content (AvgIpc) is 2.40. The van der Waals surface area contributed by atoms with Crippen molar-refractivity contribution in [2.24, 2.45) is 0 Å². The average molecular weight is 304 g/mol. The van der Waals surface area contributed by atoms with E-state index in [1.165, 1.54) is 0 Å². The van der Waals surface area contributed by atoms with E-state index in [0.29, 0.717) is 18.6 Å². The first-order chi connectivity index (χ1) is 9.85. The summed E-state index contributed by atoms with van der Waals surface area (Å²) in [5, 5.41) is 13.1. The molecule has 8 heteroatoms. The molecular formula is C13H15F3N2O3. The minimum Gasteiger partial charge on any atom is -0.480 e. The van der Waals surface area contributed by atoms with Crippen molar-refractivity contribution >= 4 is 17.7 Å². The van der Waals surface area contributed by atoms with Crippen LogP contribution in [0, 0.1) is 17.5 Å². The smallest absolute Gasteiger partial charge is 0.326 e. The highest BCUT2D eigenvalue weighted by atomic mass is 19.2. The molecule has 0 radical (unpaired) electrons. The molecule has 0 saturated carbocycles. The Bertz CT molecular complexity index is 514. The largest absolute Gasteiger partial charge is 0.480 e. The van der Waals surface area contributed by atoms with E-state index < -0.39 is 35.5 Å². The van der Waals surface area contributed by atoms with Crippen LogP contribution in [0.2, 0.25) is 0 Å². The minimum atomic E-state index is -1.65. The maximum atomic E-state index is 13.0. The number of nitrogens with one attached hydrogen (secondary N) is 2. The molecule has 21 heavy (non-hydrogen) atoms. The van der Waals surface area contributed by atoms with Crippen LogP contribution in [0.5, 0.6) is 0 Å². The van der Waals surface area contributed by atoms with Gasteiger partial charge in [-0.2, -0.15) is 0 Å². The van der Waals surface area contributed by atoms with E-state index >= 15 is 0 Å². The molecular weight excluding hydrogens is 289 g/mol. The molecule has 0 spiro atoms. The molecule has 2 amide bonds. The number of unbranched alkanes of at least 4 members (excludes halogenated alkanes) is 1. The van der Waals surface area contributed by atoms with Gasteiger partial charge in [-0.3, -0.25) is 0 Å². The molecule has 0 aliphatic heterocycles. The van der Waals surface area contributed by atoms with Crippen molar-refractivity contribution in [3.8, 4) is 0 Å². The second-order valence-corrected chi connectivity index (χ2v) is 4.39. The van der Waals surface area contributed by atoms with Crippen LogP contribution in [-0.2, 0) is 4.79 Å². The van der Waals surface area contributed by atoms with Gasteiger partial charge >= 0.3 is 12.0 Å². The molecule has 0 fully saturated rings. The van der Waals surface area contributed by atoms with E-state index in [0.717, 1.165) is 6.42 Å². The number of carbonyl (C=O) groups excluding carboxylic acids is 1. The number of carboxylic acids is 1. The summed E-state index contributed by atoms with van der Waals surface area (Å²) in [6.45, 7) is 1.86. The predicted molar refractivity (Wildman–Crippen MR) is 69.4 cm³/mol. The van der Waals surface area contributed by atoms with Gasteiger partial charge in [0.1, 0.15) is 6.04 Å². The zero-order valence-electron chi connectivity index (χ0n) is 11.3. The molecule has 0 aliphatic carbocycles. The summed E-state index contributed by atoms with van der Waals surface area (Å²) >= 11 is 0. The van der Waals surface area contributed by atoms with Crippen molar-refractivity contribution in [3.63, 3.8) is 0 Å². The lowest BCUT2D eigenvalue weighted by molar-refractivity contribution is -0.139. The van der Waals surface area contributed by atoms with Crippen LogP contribution in [-0.4, -0.2) is 23.1 Å². The van der Waals surface area contributed by atoms with Gasteiger partial charge in [-0.05, 0) is 6.42 Å². The number of hydrogen-bond donors (Lipinski definition) is 3. The Morgan fingerprint density at radius 3 is 2.29 bits per heavy atom. The van der Waals surface area contributed by atoms with Gasteiger partial charge in [0, 0.05) is 17.8 Å². The third-order valence-electron chi connectivity index (χ3n) is 2.69. The number of carboxylic acid groups (broad SMARTS) is 1. The topological polar surface area (TPSA) is 78.4 Å². The molecule has 1 atom stereocenters. The number of urea groups is 1. The van der Waals surface area contributed by atoms with E-state index in [-0.39, 0.29) is 12.1 Å². The van der Waals surface area contributed by atoms with Gasteiger partial charge < -0.3 is 15.7 Å². The van der Waals surface area contributed by atoms with Crippen molar-refractivity contribution in [1.29, 1.82) is 0 Å². The Morgan fingerprint density at radius 2 is 1.81 bits per heavy atom. The molecule has 1 rings (SSSR count). The van der Waals surface area contributed by atoms with Crippen molar-refractivity contribution < 1.29 is 27.9 Å². The van der Waals surface area contributed by atoms with E-state index in [9.17, 15) is 22.8 Å². The quantitative estimate of drug-likeness (QED) is 0.707. The lowest BCUT2D eigenvalue weighted by Gasteiger charge is -2.15. The highest BCUT2D eigenvalue weighted by molar-refractivity contribution is 5.92. The van der Waals surface area contributed by atoms with Crippen molar-refractivity contribution in [2.45, 2.75) is 32.2 Å². The molecule has 0 aromatic heterocycles. The highest BCUT2D eigenvalue weighted by Crippen LogP contribution is 2.17. The molecule has 1 unspecified atom stereocenters. The molecule has 0 bridgehead atoms. The Hall–Kier alpha value is -2.25. The monoisotopic (exact) mass is 304 g/mol. The van der Waals surface area contributed by atoms with E-state index in [1.807, 2.05) is 6.92 Å². The highest BCUT2D eigenvalue weighted by Gasteiger charge is 2.19. The van der Waals surface area contributed by atoms with Gasteiger partial charge in [0.05, 0.1) is 0 Å². The Balaban J connectivity index is 2.70. The van der Waals surface area contributed by atoms with Crippen LogP contribution in [0.1, 0.15) is 26.2 Å². The molecule has 0 aliphatic rings. The van der Waals surface area contributed by atoms with E-state index in [4.69, 9.17) is 5.11 Å². The number of halogens is 3. The zero-order valence-corrected chi connectivity index (χ0v) is 11.3. The van der Waals surface area contributed by atoms with Crippen LogP contribution in [0.3, 0.4) is 0 Å². The van der Waals surface area contributed by atoms with Crippen LogP contribution < -0.4 is 10.6 Å². The molecule has 5 nitrogen and oxygen atoms in total. The fourth-order valence-corrected chi connectivity index (χ4v) is 1.62.